The second-order valence-corrected chi connectivity index (χ2v) is 6.45. The maximum atomic E-state index is 12.6. The van der Waals surface area contributed by atoms with Crippen LogP contribution in [0.25, 0.3) is 0 Å². The maximum Gasteiger partial charge on any atom is 0.312 e. The third-order valence-electron chi connectivity index (χ3n) is 4.05. The summed E-state index contributed by atoms with van der Waals surface area (Å²) in [6.45, 7) is 7.47. The summed E-state index contributed by atoms with van der Waals surface area (Å²) in [4.78, 5) is 25.8. The van der Waals surface area contributed by atoms with Crippen molar-refractivity contribution in [1.82, 2.24) is 15.5 Å². The number of carbonyl (C=O) groups is 2. The lowest BCUT2D eigenvalue weighted by Crippen LogP contribution is -2.56. The van der Waals surface area contributed by atoms with Crippen LogP contribution in [-0.4, -0.2) is 42.0 Å². The van der Waals surface area contributed by atoms with Crippen LogP contribution in [-0.2, 0) is 4.79 Å². The van der Waals surface area contributed by atoms with Crippen molar-refractivity contribution in [3.8, 4) is 0 Å². The molecule has 1 saturated heterocycles. The first-order valence-electron chi connectivity index (χ1n) is 8.01. The van der Waals surface area contributed by atoms with Crippen LogP contribution < -0.4 is 16.4 Å². The normalized spacial score (nSPS) is 22.5. The van der Waals surface area contributed by atoms with Gasteiger partial charge in [0.15, 0.2) is 0 Å². The fourth-order valence-electron chi connectivity index (χ4n) is 3.14. The zero-order valence-electron chi connectivity index (χ0n) is 14.0. The number of hydrogen-bond acceptors (Lipinski definition) is 3. The summed E-state index contributed by atoms with van der Waals surface area (Å²) in [6, 6.07) is 7.28. The number of benzene rings is 1. The molecule has 0 unspecified atom stereocenters. The minimum atomic E-state index is -0.619. The van der Waals surface area contributed by atoms with Crippen molar-refractivity contribution in [2.75, 3.05) is 13.1 Å². The monoisotopic (exact) mass is 318 g/mol. The van der Waals surface area contributed by atoms with E-state index in [1.807, 2.05) is 36.1 Å². The van der Waals surface area contributed by atoms with E-state index >= 15 is 0 Å². The van der Waals surface area contributed by atoms with Gasteiger partial charge in [0, 0.05) is 25.2 Å². The summed E-state index contributed by atoms with van der Waals surface area (Å²) in [7, 11) is 0. The van der Waals surface area contributed by atoms with Crippen molar-refractivity contribution in [3.63, 3.8) is 0 Å². The summed E-state index contributed by atoms with van der Waals surface area (Å²) in [5.74, 6) is 0.0328. The summed E-state index contributed by atoms with van der Waals surface area (Å²) < 4.78 is 0. The van der Waals surface area contributed by atoms with Gasteiger partial charge in [-0.25, -0.2) is 4.79 Å². The number of aryl methyl sites for hydroxylation is 1. The molecule has 0 bridgehead atoms. The van der Waals surface area contributed by atoms with Crippen molar-refractivity contribution >= 4 is 11.9 Å². The van der Waals surface area contributed by atoms with Gasteiger partial charge in [0.05, 0.1) is 12.5 Å². The van der Waals surface area contributed by atoms with Crippen molar-refractivity contribution in [2.45, 2.75) is 45.3 Å². The average Bonchev–Trinajstić information content (AvgIpc) is 2.45. The predicted octanol–water partition coefficient (Wildman–Crippen LogP) is 1.30. The molecule has 2 rings (SSSR count). The van der Waals surface area contributed by atoms with Crippen LogP contribution in [0.4, 0.5) is 4.79 Å². The minimum absolute atomic E-state index is 0.0328. The van der Waals surface area contributed by atoms with Crippen LogP contribution in [0.2, 0.25) is 0 Å². The molecule has 1 fully saturated rings. The lowest BCUT2D eigenvalue weighted by molar-refractivity contribution is -0.133. The third kappa shape index (κ3) is 4.96. The van der Waals surface area contributed by atoms with Crippen molar-refractivity contribution in [1.29, 1.82) is 0 Å². The van der Waals surface area contributed by atoms with Crippen LogP contribution in [0.5, 0.6) is 0 Å². The van der Waals surface area contributed by atoms with E-state index in [0.29, 0.717) is 13.1 Å². The van der Waals surface area contributed by atoms with E-state index in [4.69, 9.17) is 5.73 Å². The Morgan fingerprint density at radius 2 is 2.00 bits per heavy atom. The molecule has 1 aliphatic rings. The van der Waals surface area contributed by atoms with E-state index in [1.165, 1.54) is 0 Å². The number of nitrogens with two attached hydrogens (primary N) is 1. The quantitative estimate of drug-likeness (QED) is 0.782. The van der Waals surface area contributed by atoms with E-state index in [2.05, 4.69) is 24.5 Å². The van der Waals surface area contributed by atoms with Crippen molar-refractivity contribution < 1.29 is 9.59 Å². The molecule has 126 valence electrons. The number of carbonyl (C=O) groups excluding carboxylic acids is 2. The highest BCUT2D eigenvalue weighted by atomic mass is 16.2. The van der Waals surface area contributed by atoms with Gasteiger partial charge in [0.25, 0.3) is 0 Å². The number of amides is 3. The Hall–Kier alpha value is -2.08. The van der Waals surface area contributed by atoms with Crippen LogP contribution >= 0.6 is 0 Å². The Kier molecular flexibility index (Phi) is 5.60. The molecule has 0 radical (unpaired) electrons. The Labute approximate surface area is 137 Å². The molecule has 0 spiro atoms. The predicted molar refractivity (Wildman–Crippen MR) is 89.9 cm³/mol. The Balaban J connectivity index is 2.11. The number of piperazine rings is 1. The molecule has 1 heterocycles. The minimum Gasteiger partial charge on any atom is -0.352 e. The maximum absolute atomic E-state index is 12.6. The topological polar surface area (TPSA) is 87.5 Å². The SMILES string of the molecule is Cc1cccc([C@H](CC(=O)N2C[C@@H](C)N[C@H](C)C2)NC(N)=O)c1. The van der Waals surface area contributed by atoms with Gasteiger partial charge in [-0.1, -0.05) is 29.8 Å². The molecular weight excluding hydrogens is 292 g/mol. The number of primary amides is 1. The largest absolute Gasteiger partial charge is 0.352 e. The second-order valence-electron chi connectivity index (χ2n) is 6.45. The second kappa shape index (κ2) is 7.46. The molecule has 3 atom stereocenters. The molecule has 4 N–H and O–H groups in total. The Morgan fingerprint density at radius 1 is 1.35 bits per heavy atom. The highest BCUT2D eigenvalue weighted by molar-refractivity contribution is 5.79. The highest BCUT2D eigenvalue weighted by Crippen LogP contribution is 2.20. The fraction of sp³-hybridized carbons (Fsp3) is 0.529. The van der Waals surface area contributed by atoms with Gasteiger partial charge in [-0.2, -0.15) is 0 Å². The lowest BCUT2D eigenvalue weighted by atomic mass is 10.0. The van der Waals surface area contributed by atoms with Crippen molar-refractivity contribution in [3.05, 3.63) is 35.4 Å². The zero-order chi connectivity index (χ0) is 17.0. The molecule has 3 amide bonds. The summed E-state index contributed by atoms with van der Waals surface area (Å²) in [5, 5.41) is 6.10. The van der Waals surface area contributed by atoms with E-state index in [1.54, 1.807) is 0 Å². The standard InChI is InChI=1S/C17H26N4O2/c1-11-5-4-6-14(7-11)15(20-17(18)23)8-16(22)21-9-12(2)19-13(3)10-21/h4-7,12-13,15,19H,8-10H2,1-3H3,(H3,18,20,23)/t12-,13-,15+/m1/s1. The molecule has 0 aromatic heterocycles. The number of nitrogens with zero attached hydrogens (tertiary/aromatic N) is 1. The number of nitrogens with one attached hydrogen (secondary N) is 2. The number of hydrogen-bond donors (Lipinski definition) is 3. The molecule has 0 aliphatic carbocycles. The molecule has 6 heteroatoms. The van der Waals surface area contributed by atoms with E-state index in [0.717, 1.165) is 11.1 Å². The fourth-order valence-corrected chi connectivity index (χ4v) is 3.14. The van der Waals surface area contributed by atoms with Gasteiger partial charge in [-0.15, -0.1) is 0 Å². The lowest BCUT2D eigenvalue weighted by Gasteiger charge is -2.37. The molecule has 0 saturated carbocycles. The van der Waals surface area contributed by atoms with Gasteiger partial charge < -0.3 is 21.3 Å². The van der Waals surface area contributed by atoms with E-state index in [-0.39, 0.29) is 24.4 Å². The van der Waals surface area contributed by atoms with Gasteiger partial charge in [0.1, 0.15) is 0 Å². The molecule has 1 aromatic carbocycles. The van der Waals surface area contributed by atoms with Crippen LogP contribution in [0.15, 0.2) is 24.3 Å². The van der Waals surface area contributed by atoms with Crippen LogP contribution in [0.3, 0.4) is 0 Å². The average molecular weight is 318 g/mol. The van der Waals surface area contributed by atoms with Gasteiger partial charge in [-0.3, -0.25) is 4.79 Å². The van der Waals surface area contributed by atoms with E-state index < -0.39 is 12.1 Å². The molecular formula is C17H26N4O2. The summed E-state index contributed by atoms with van der Waals surface area (Å²) in [5.41, 5.74) is 7.26. The molecule has 1 aromatic rings. The highest BCUT2D eigenvalue weighted by Gasteiger charge is 2.27. The van der Waals surface area contributed by atoms with Gasteiger partial charge in [-0.05, 0) is 26.3 Å². The zero-order valence-corrected chi connectivity index (χ0v) is 14.0. The third-order valence-corrected chi connectivity index (χ3v) is 4.05. The van der Waals surface area contributed by atoms with E-state index in [9.17, 15) is 9.59 Å². The molecule has 23 heavy (non-hydrogen) atoms. The first kappa shape index (κ1) is 17.3. The first-order valence-corrected chi connectivity index (χ1v) is 8.01. The number of rotatable bonds is 4. The van der Waals surface area contributed by atoms with Gasteiger partial charge >= 0.3 is 6.03 Å². The number of urea groups is 1. The molecule has 6 nitrogen and oxygen atoms in total. The Morgan fingerprint density at radius 3 is 2.57 bits per heavy atom. The molecule has 1 aliphatic heterocycles. The smallest absolute Gasteiger partial charge is 0.312 e. The van der Waals surface area contributed by atoms with Crippen LogP contribution in [0, 0.1) is 6.92 Å². The van der Waals surface area contributed by atoms with Crippen LogP contribution in [0.1, 0.15) is 37.4 Å². The van der Waals surface area contributed by atoms with Gasteiger partial charge in [0.2, 0.25) is 5.91 Å². The van der Waals surface area contributed by atoms with Crippen molar-refractivity contribution in [2.24, 2.45) is 5.73 Å². The summed E-state index contributed by atoms with van der Waals surface area (Å²) >= 11 is 0. The first-order chi connectivity index (χ1) is 10.8. The summed E-state index contributed by atoms with van der Waals surface area (Å²) in [6.07, 6.45) is 0.214. The Bertz CT molecular complexity index is 565.